The summed E-state index contributed by atoms with van der Waals surface area (Å²) in [6.07, 6.45) is 3.00. The average Bonchev–Trinajstić information content (AvgIpc) is 2.47. The summed E-state index contributed by atoms with van der Waals surface area (Å²) in [7, 11) is 0. The van der Waals surface area contributed by atoms with E-state index in [1.54, 1.807) is 18.3 Å². The van der Waals surface area contributed by atoms with E-state index in [0.717, 1.165) is 5.56 Å². The van der Waals surface area contributed by atoms with Gasteiger partial charge in [0, 0.05) is 29.9 Å². The molecular weight excluding hydrogens is 302 g/mol. The van der Waals surface area contributed by atoms with Gasteiger partial charge in [-0.3, -0.25) is 0 Å². The zero-order valence-corrected chi connectivity index (χ0v) is 12.0. The van der Waals surface area contributed by atoms with Crippen molar-refractivity contribution in [3.63, 3.8) is 0 Å². The van der Waals surface area contributed by atoms with Crippen molar-refractivity contribution in [2.45, 2.75) is 19.4 Å². The smallest absolute Gasteiger partial charge is 0.388 e. The maximum absolute atomic E-state index is 12.3. The van der Waals surface area contributed by atoms with Crippen LogP contribution in [-0.4, -0.2) is 23.2 Å². The van der Waals surface area contributed by atoms with Crippen LogP contribution in [0.1, 0.15) is 12.5 Å². The molecule has 0 unspecified atom stereocenters. The van der Waals surface area contributed by atoms with Gasteiger partial charge in [0.05, 0.1) is 6.61 Å². The van der Waals surface area contributed by atoms with Crippen molar-refractivity contribution < 1.29 is 18.3 Å². The first-order valence-corrected chi connectivity index (χ1v) is 6.76. The van der Waals surface area contributed by atoms with E-state index in [1.807, 2.05) is 6.92 Å². The highest BCUT2D eigenvalue weighted by atomic mass is 35.5. The van der Waals surface area contributed by atoms with Gasteiger partial charge in [0.1, 0.15) is 0 Å². The second kappa shape index (κ2) is 7.17. The Morgan fingerprint density at radius 2 is 2.10 bits per heavy atom. The molecule has 0 saturated carbocycles. The first-order valence-electron chi connectivity index (χ1n) is 6.23. The summed E-state index contributed by atoms with van der Waals surface area (Å²) in [4.78, 5) is 7.92. The fourth-order valence-corrected chi connectivity index (χ4v) is 1.91. The lowest BCUT2D eigenvalue weighted by Gasteiger charge is -2.11. The molecule has 0 radical (unpaired) electrons. The number of nitrogens with zero attached hydrogens (tertiary/aromatic N) is 2. The molecule has 2 aromatic rings. The predicted molar refractivity (Wildman–Crippen MR) is 74.8 cm³/mol. The number of pyridine rings is 2. The molecule has 21 heavy (non-hydrogen) atoms. The van der Waals surface area contributed by atoms with Gasteiger partial charge in [-0.05, 0) is 30.2 Å². The van der Waals surface area contributed by atoms with Gasteiger partial charge in [0.2, 0.25) is 11.8 Å². The SMILES string of the molecule is CCOc1ncc(CCl)cc1-c1ccnc(OC(F)F)c1. The van der Waals surface area contributed by atoms with Crippen LogP contribution in [0, 0.1) is 0 Å². The van der Waals surface area contributed by atoms with E-state index in [4.69, 9.17) is 16.3 Å². The molecule has 0 saturated heterocycles. The van der Waals surface area contributed by atoms with Gasteiger partial charge in [-0.2, -0.15) is 8.78 Å². The fraction of sp³-hybridized carbons (Fsp3) is 0.286. The maximum Gasteiger partial charge on any atom is 0.388 e. The van der Waals surface area contributed by atoms with E-state index in [2.05, 4.69) is 14.7 Å². The minimum absolute atomic E-state index is 0.166. The van der Waals surface area contributed by atoms with E-state index >= 15 is 0 Å². The molecule has 0 amide bonds. The van der Waals surface area contributed by atoms with E-state index in [0.29, 0.717) is 23.6 Å². The second-order valence-corrected chi connectivity index (χ2v) is 4.29. The number of hydrogen-bond acceptors (Lipinski definition) is 4. The molecule has 7 heteroatoms. The summed E-state index contributed by atoms with van der Waals surface area (Å²) in [6.45, 7) is -0.656. The summed E-state index contributed by atoms with van der Waals surface area (Å²) in [5.41, 5.74) is 2.06. The van der Waals surface area contributed by atoms with Crippen molar-refractivity contribution in [3.8, 4) is 22.9 Å². The summed E-state index contributed by atoms with van der Waals surface area (Å²) < 4.78 is 34.3. The Morgan fingerprint density at radius 3 is 2.76 bits per heavy atom. The summed E-state index contributed by atoms with van der Waals surface area (Å²) in [5.74, 6) is 0.527. The van der Waals surface area contributed by atoms with Crippen LogP contribution in [0.3, 0.4) is 0 Å². The van der Waals surface area contributed by atoms with Crippen LogP contribution in [-0.2, 0) is 5.88 Å². The third-order valence-electron chi connectivity index (χ3n) is 2.60. The number of aromatic nitrogens is 2. The zero-order valence-electron chi connectivity index (χ0n) is 11.2. The molecule has 0 aromatic carbocycles. The topological polar surface area (TPSA) is 44.2 Å². The Kier molecular flexibility index (Phi) is 5.27. The Hall–Kier alpha value is -1.95. The van der Waals surface area contributed by atoms with Gasteiger partial charge < -0.3 is 9.47 Å². The highest BCUT2D eigenvalue weighted by molar-refractivity contribution is 6.17. The Balaban J connectivity index is 2.43. The lowest BCUT2D eigenvalue weighted by Crippen LogP contribution is -2.03. The van der Waals surface area contributed by atoms with Crippen LogP contribution in [0.4, 0.5) is 8.78 Å². The third-order valence-corrected chi connectivity index (χ3v) is 2.91. The Morgan fingerprint density at radius 1 is 1.29 bits per heavy atom. The molecule has 0 bridgehead atoms. The quantitative estimate of drug-likeness (QED) is 0.759. The first kappa shape index (κ1) is 15.4. The van der Waals surface area contributed by atoms with Crippen molar-refractivity contribution in [1.29, 1.82) is 0 Å². The lowest BCUT2D eigenvalue weighted by atomic mass is 10.1. The van der Waals surface area contributed by atoms with E-state index in [1.165, 1.54) is 12.3 Å². The van der Waals surface area contributed by atoms with E-state index in [-0.39, 0.29) is 11.8 Å². The second-order valence-electron chi connectivity index (χ2n) is 4.02. The molecular formula is C14H13ClF2N2O2. The number of hydrogen-bond donors (Lipinski definition) is 0. The van der Waals surface area contributed by atoms with Crippen molar-refractivity contribution in [1.82, 2.24) is 9.97 Å². The van der Waals surface area contributed by atoms with Crippen LogP contribution in [0.5, 0.6) is 11.8 Å². The van der Waals surface area contributed by atoms with Crippen LogP contribution < -0.4 is 9.47 Å². The Labute approximate surface area is 125 Å². The van der Waals surface area contributed by atoms with Crippen LogP contribution in [0.25, 0.3) is 11.1 Å². The number of rotatable bonds is 6. The standard InChI is InChI=1S/C14H13ClF2N2O2/c1-2-20-13-11(5-9(7-15)8-19-13)10-3-4-18-12(6-10)21-14(16)17/h3-6,8,14H,2,7H2,1H3. The molecule has 0 N–H and O–H groups in total. The average molecular weight is 315 g/mol. The molecule has 2 aromatic heterocycles. The number of halogens is 3. The summed E-state index contributed by atoms with van der Waals surface area (Å²) >= 11 is 5.80. The van der Waals surface area contributed by atoms with Crippen LogP contribution in [0.15, 0.2) is 30.6 Å². The fourth-order valence-electron chi connectivity index (χ4n) is 1.76. The van der Waals surface area contributed by atoms with Crippen LogP contribution in [0.2, 0.25) is 0 Å². The molecule has 0 atom stereocenters. The van der Waals surface area contributed by atoms with Gasteiger partial charge in [-0.25, -0.2) is 9.97 Å². The van der Waals surface area contributed by atoms with E-state index in [9.17, 15) is 8.78 Å². The highest BCUT2D eigenvalue weighted by Gasteiger charge is 2.12. The van der Waals surface area contributed by atoms with Gasteiger partial charge in [0.15, 0.2) is 0 Å². The normalized spacial score (nSPS) is 10.7. The summed E-state index contributed by atoms with van der Waals surface area (Å²) in [6, 6.07) is 4.87. The van der Waals surface area contributed by atoms with E-state index < -0.39 is 6.61 Å². The van der Waals surface area contributed by atoms with Crippen molar-refractivity contribution >= 4 is 11.6 Å². The molecule has 0 aliphatic heterocycles. The predicted octanol–water partition coefficient (Wildman–Crippen LogP) is 3.88. The van der Waals surface area contributed by atoms with Gasteiger partial charge >= 0.3 is 6.61 Å². The molecule has 0 fully saturated rings. The van der Waals surface area contributed by atoms with Crippen LogP contribution >= 0.6 is 11.6 Å². The molecule has 4 nitrogen and oxygen atoms in total. The highest BCUT2D eigenvalue weighted by Crippen LogP contribution is 2.31. The maximum atomic E-state index is 12.3. The third kappa shape index (κ3) is 4.01. The number of ether oxygens (including phenoxy) is 2. The molecule has 0 aliphatic rings. The molecule has 0 spiro atoms. The minimum Gasteiger partial charge on any atom is -0.478 e. The van der Waals surface area contributed by atoms with Gasteiger partial charge in [0.25, 0.3) is 0 Å². The lowest BCUT2D eigenvalue weighted by molar-refractivity contribution is -0.0528. The largest absolute Gasteiger partial charge is 0.478 e. The van der Waals surface area contributed by atoms with Gasteiger partial charge in [-0.1, -0.05) is 0 Å². The zero-order chi connectivity index (χ0) is 15.2. The molecule has 0 aliphatic carbocycles. The van der Waals surface area contributed by atoms with Crippen molar-refractivity contribution in [2.75, 3.05) is 6.61 Å². The summed E-state index contributed by atoms with van der Waals surface area (Å²) in [5, 5.41) is 0. The van der Waals surface area contributed by atoms with Crippen molar-refractivity contribution in [2.24, 2.45) is 0 Å². The molecule has 112 valence electrons. The Bertz CT molecular complexity index is 611. The molecule has 2 rings (SSSR count). The van der Waals surface area contributed by atoms with Crippen molar-refractivity contribution in [3.05, 3.63) is 36.2 Å². The van der Waals surface area contributed by atoms with Gasteiger partial charge in [-0.15, -0.1) is 11.6 Å². The first-order chi connectivity index (χ1) is 10.1. The molecule has 2 heterocycles. The minimum atomic E-state index is -2.92. The number of alkyl halides is 3. The monoisotopic (exact) mass is 314 g/mol.